The quantitative estimate of drug-likeness (QED) is 0.564. The zero-order chi connectivity index (χ0) is 24.1. The fraction of sp³-hybridized carbons (Fsp3) is 0.308. The smallest absolute Gasteiger partial charge is 0.410 e. The summed E-state index contributed by atoms with van der Waals surface area (Å²) >= 11 is 0. The monoisotopic (exact) mass is 461 g/mol. The topological polar surface area (TPSA) is 92.8 Å². The number of para-hydroxylation sites is 1. The summed E-state index contributed by atoms with van der Waals surface area (Å²) in [4.78, 5) is 28.9. The van der Waals surface area contributed by atoms with Gasteiger partial charge in [-0.05, 0) is 37.3 Å². The summed E-state index contributed by atoms with van der Waals surface area (Å²) in [6.45, 7) is 7.01. The maximum absolute atomic E-state index is 12.3. The van der Waals surface area contributed by atoms with Crippen LogP contribution in [0.15, 0.2) is 60.7 Å². The number of aromatic nitrogens is 1. The molecule has 0 aliphatic carbocycles. The molecule has 0 unspecified atom stereocenters. The molecule has 2 amide bonds. The molecule has 8 heteroatoms. The van der Waals surface area contributed by atoms with Crippen LogP contribution in [-0.2, 0) is 7.05 Å². The highest BCUT2D eigenvalue weighted by atomic mass is 16.6. The first kappa shape index (κ1) is 23.4. The van der Waals surface area contributed by atoms with Gasteiger partial charge < -0.3 is 25.3 Å². The number of rotatable bonds is 7. The molecule has 8 nitrogen and oxygen atoms in total. The number of carbonyl (C=O) groups is 2. The number of aryl methyl sites for hydroxylation is 1. The van der Waals surface area contributed by atoms with Crippen molar-refractivity contribution in [1.29, 1.82) is 0 Å². The highest BCUT2D eigenvalue weighted by Gasteiger charge is 2.18. The van der Waals surface area contributed by atoms with Gasteiger partial charge in [0.1, 0.15) is 5.75 Å². The van der Waals surface area contributed by atoms with Gasteiger partial charge in [-0.25, -0.2) is 4.79 Å². The van der Waals surface area contributed by atoms with Gasteiger partial charge in [-0.3, -0.25) is 9.69 Å². The van der Waals surface area contributed by atoms with Gasteiger partial charge in [-0.1, -0.05) is 30.3 Å². The van der Waals surface area contributed by atoms with Crippen molar-refractivity contribution in [2.45, 2.75) is 6.92 Å². The predicted molar refractivity (Wildman–Crippen MR) is 133 cm³/mol. The Bertz CT molecular complexity index is 1150. The number of hydrogen-bond donors (Lipinski definition) is 2. The second-order valence-corrected chi connectivity index (χ2v) is 8.48. The highest BCUT2D eigenvalue weighted by Crippen LogP contribution is 2.29. The van der Waals surface area contributed by atoms with Crippen molar-refractivity contribution in [3.05, 3.63) is 71.9 Å². The Morgan fingerprint density at radius 1 is 1.00 bits per heavy atom. The van der Waals surface area contributed by atoms with Crippen LogP contribution in [0.1, 0.15) is 16.1 Å². The van der Waals surface area contributed by atoms with Crippen LogP contribution < -0.4 is 20.7 Å². The van der Waals surface area contributed by atoms with Crippen LogP contribution in [0, 0.1) is 6.92 Å². The Kier molecular flexibility index (Phi) is 7.18. The number of nitrogens with two attached hydrogens (primary N) is 1. The van der Waals surface area contributed by atoms with E-state index in [9.17, 15) is 9.59 Å². The average molecular weight is 462 g/mol. The number of nitrogens with one attached hydrogen (secondary N) is 1. The summed E-state index contributed by atoms with van der Waals surface area (Å²) in [6.07, 6.45) is -0.502. The van der Waals surface area contributed by atoms with Gasteiger partial charge in [-0.15, -0.1) is 0 Å². The number of benzene rings is 2. The third-order valence-corrected chi connectivity index (χ3v) is 6.25. The maximum Gasteiger partial charge on any atom is 0.412 e. The van der Waals surface area contributed by atoms with E-state index in [1.165, 1.54) is 5.69 Å². The van der Waals surface area contributed by atoms with Crippen molar-refractivity contribution in [3.63, 3.8) is 0 Å². The van der Waals surface area contributed by atoms with E-state index in [1.807, 2.05) is 30.7 Å². The fourth-order valence-electron chi connectivity index (χ4n) is 4.30. The van der Waals surface area contributed by atoms with Crippen molar-refractivity contribution in [2.24, 2.45) is 12.8 Å². The highest BCUT2D eigenvalue weighted by molar-refractivity contribution is 5.99. The summed E-state index contributed by atoms with van der Waals surface area (Å²) in [7, 11) is 1.87. The molecule has 1 fully saturated rings. The molecule has 0 radical (unpaired) electrons. The van der Waals surface area contributed by atoms with Gasteiger partial charge in [0.25, 0.3) is 5.91 Å². The zero-order valence-corrected chi connectivity index (χ0v) is 19.7. The normalized spacial score (nSPS) is 14.1. The van der Waals surface area contributed by atoms with E-state index in [2.05, 4.69) is 39.4 Å². The van der Waals surface area contributed by atoms with Crippen LogP contribution in [0.3, 0.4) is 0 Å². The molecular weight excluding hydrogens is 430 g/mol. The summed E-state index contributed by atoms with van der Waals surface area (Å²) in [5.41, 5.74) is 9.61. The number of nitrogens with zero attached hydrogens (tertiary/aromatic N) is 3. The molecule has 4 rings (SSSR count). The van der Waals surface area contributed by atoms with Crippen LogP contribution in [0.5, 0.6) is 5.75 Å². The Morgan fingerprint density at radius 3 is 2.44 bits per heavy atom. The molecule has 2 aromatic carbocycles. The van der Waals surface area contributed by atoms with E-state index in [0.29, 0.717) is 23.6 Å². The lowest BCUT2D eigenvalue weighted by atomic mass is 10.1. The summed E-state index contributed by atoms with van der Waals surface area (Å²) < 4.78 is 7.39. The summed E-state index contributed by atoms with van der Waals surface area (Å²) in [6, 6.07) is 19.3. The first-order valence-corrected chi connectivity index (χ1v) is 11.5. The summed E-state index contributed by atoms with van der Waals surface area (Å²) in [5, 5.41) is 2.83. The number of piperazine rings is 1. The maximum atomic E-state index is 12.3. The van der Waals surface area contributed by atoms with Crippen LogP contribution in [0.4, 0.5) is 10.5 Å². The minimum atomic E-state index is -0.502. The number of hydrogen-bond acceptors (Lipinski definition) is 5. The van der Waals surface area contributed by atoms with Gasteiger partial charge in [-0.2, -0.15) is 0 Å². The Balaban J connectivity index is 1.27. The lowest BCUT2D eigenvalue weighted by Crippen LogP contribution is -2.48. The van der Waals surface area contributed by atoms with Gasteiger partial charge in [0, 0.05) is 63.3 Å². The van der Waals surface area contributed by atoms with Gasteiger partial charge >= 0.3 is 6.09 Å². The van der Waals surface area contributed by atoms with Crippen LogP contribution in [-0.4, -0.2) is 60.7 Å². The van der Waals surface area contributed by atoms with E-state index in [4.69, 9.17) is 10.5 Å². The number of ether oxygens (including phenoxy) is 1. The SMILES string of the molecule is Cc1cc(C(N)=O)c(-c2cccc(OC(=O)NCCN3CCN(c4ccccc4)CC3)c2)n1C. The lowest BCUT2D eigenvalue weighted by Gasteiger charge is -2.36. The van der Waals surface area contributed by atoms with Crippen LogP contribution in [0.25, 0.3) is 11.3 Å². The summed E-state index contributed by atoms with van der Waals surface area (Å²) in [5.74, 6) is -0.0897. The zero-order valence-electron chi connectivity index (χ0n) is 19.7. The molecule has 0 bridgehead atoms. The Hall–Kier alpha value is -3.78. The van der Waals surface area contributed by atoms with Crippen molar-refractivity contribution in [2.75, 3.05) is 44.2 Å². The second-order valence-electron chi connectivity index (χ2n) is 8.48. The van der Waals surface area contributed by atoms with Crippen LogP contribution >= 0.6 is 0 Å². The van der Waals surface area contributed by atoms with Crippen molar-refractivity contribution < 1.29 is 14.3 Å². The number of primary amides is 1. The predicted octanol–water partition coefficient (Wildman–Crippen LogP) is 3.01. The molecule has 2 heterocycles. The van der Waals surface area contributed by atoms with Gasteiger partial charge in [0.2, 0.25) is 0 Å². The van der Waals surface area contributed by atoms with Crippen molar-refractivity contribution in [3.8, 4) is 17.0 Å². The van der Waals surface area contributed by atoms with E-state index in [-0.39, 0.29) is 0 Å². The average Bonchev–Trinajstić information content (AvgIpc) is 3.15. The molecule has 1 aliphatic rings. The molecule has 3 aromatic rings. The molecule has 1 aliphatic heterocycles. The number of carbonyl (C=O) groups excluding carboxylic acids is 2. The number of amides is 2. The molecule has 3 N–H and O–H groups in total. The van der Waals surface area contributed by atoms with Gasteiger partial charge in [0.15, 0.2) is 0 Å². The molecule has 178 valence electrons. The van der Waals surface area contributed by atoms with Crippen LogP contribution in [0.2, 0.25) is 0 Å². The first-order chi connectivity index (χ1) is 16.4. The third-order valence-electron chi connectivity index (χ3n) is 6.25. The van der Waals surface area contributed by atoms with Crippen molar-refractivity contribution in [1.82, 2.24) is 14.8 Å². The molecule has 1 saturated heterocycles. The molecule has 0 saturated carbocycles. The molecule has 1 aromatic heterocycles. The van der Waals surface area contributed by atoms with Crippen molar-refractivity contribution >= 4 is 17.7 Å². The second kappa shape index (κ2) is 10.4. The molecule has 0 atom stereocenters. The third kappa shape index (κ3) is 5.40. The Labute approximate surface area is 199 Å². The molecule has 34 heavy (non-hydrogen) atoms. The van der Waals surface area contributed by atoms with Gasteiger partial charge in [0.05, 0.1) is 11.3 Å². The fourth-order valence-corrected chi connectivity index (χ4v) is 4.30. The number of anilines is 1. The van der Waals surface area contributed by atoms with E-state index < -0.39 is 12.0 Å². The Morgan fingerprint density at radius 2 is 1.74 bits per heavy atom. The molecular formula is C26H31N5O3. The minimum absolute atomic E-state index is 0.403. The molecule has 0 spiro atoms. The van der Waals surface area contributed by atoms with E-state index in [1.54, 1.807) is 24.3 Å². The standard InChI is InChI=1S/C26H31N5O3/c1-19-17-23(25(27)32)24(29(19)2)20-7-6-10-22(18-20)34-26(33)28-11-12-30-13-15-31(16-14-30)21-8-4-3-5-9-21/h3-10,17-18H,11-16H2,1-2H3,(H2,27,32)(H,28,33). The van der Waals surface area contributed by atoms with E-state index >= 15 is 0 Å². The first-order valence-electron chi connectivity index (χ1n) is 11.5. The minimum Gasteiger partial charge on any atom is -0.410 e. The largest absolute Gasteiger partial charge is 0.412 e. The lowest BCUT2D eigenvalue weighted by molar-refractivity contribution is 0.100. The van der Waals surface area contributed by atoms with E-state index in [0.717, 1.165) is 44.0 Å².